The molecule has 0 spiro atoms. The normalized spacial score (nSPS) is 11.8. The molecule has 0 radical (unpaired) electrons. The van der Waals surface area contributed by atoms with Gasteiger partial charge in [0.05, 0.1) is 39.6 Å². The van der Waals surface area contributed by atoms with Crippen molar-refractivity contribution in [1.29, 1.82) is 0 Å². The Labute approximate surface area is 218 Å². The van der Waals surface area contributed by atoms with Gasteiger partial charge in [-0.05, 0) is 96.2 Å². The monoisotopic (exact) mass is 500 g/mol. The minimum atomic E-state index is 0.704. The zero-order valence-corrected chi connectivity index (χ0v) is 22.6. The molecule has 0 unspecified atom stereocenters. The number of hydrogen-bond acceptors (Lipinski definition) is 6. The first-order chi connectivity index (χ1) is 17.8. The number of azo groups is 2. The average Bonchev–Trinajstić information content (AvgIpc) is 3.37. The molecule has 0 amide bonds. The Bertz CT molecular complexity index is 1280. The third kappa shape index (κ3) is 6.58. The Balaban J connectivity index is 1.24. The van der Waals surface area contributed by atoms with Crippen molar-refractivity contribution in [3.63, 3.8) is 0 Å². The number of nitrogens with zero attached hydrogens (tertiary/aromatic N) is 10. The van der Waals surface area contributed by atoms with Gasteiger partial charge in [-0.15, -0.1) is 9.36 Å². The van der Waals surface area contributed by atoms with E-state index in [9.17, 15) is 0 Å². The molecule has 0 bridgehead atoms. The number of rotatable bonds is 10. The van der Waals surface area contributed by atoms with Crippen LogP contribution in [0.15, 0.2) is 69.5 Å². The van der Waals surface area contributed by atoms with Gasteiger partial charge in [0.15, 0.2) is 0 Å². The van der Waals surface area contributed by atoms with Gasteiger partial charge in [0.25, 0.3) is 0 Å². The summed E-state index contributed by atoms with van der Waals surface area (Å²) in [6, 6.07) is 12.6. The van der Waals surface area contributed by atoms with Gasteiger partial charge in [-0.3, -0.25) is 0 Å². The number of hydrogen-bond donors (Lipinski definition) is 0. The molecule has 0 fully saturated rings. The van der Waals surface area contributed by atoms with Crippen LogP contribution in [0.2, 0.25) is 0 Å². The smallest absolute Gasteiger partial charge is 0.225 e. The predicted molar refractivity (Wildman–Crippen MR) is 141 cm³/mol. The summed E-state index contributed by atoms with van der Waals surface area (Å²) in [6.07, 6.45) is 9.11. The molecule has 37 heavy (non-hydrogen) atoms. The van der Waals surface area contributed by atoms with Gasteiger partial charge in [-0.2, -0.15) is 0 Å². The third-order valence-electron chi connectivity index (χ3n) is 6.56. The van der Waals surface area contributed by atoms with E-state index in [1.165, 1.54) is 41.5 Å². The van der Waals surface area contributed by atoms with Gasteiger partial charge in [-0.1, -0.05) is 28.8 Å². The second kappa shape index (κ2) is 11.8. The van der Waals surface area contributed by atoms with E-state index in [0.29, 0.717) is 11.9 Å². The van der Waals surface area contributed by atoms with Crippen molar-refractivity contribution in [2.75, 3.05) is 0 Å². The molecule has 4 rings (SSSR count). The zero-order chi connectivity index (χ0) is 26.4. The van der Waals surface area contributed by atoms with Crippen molar-refractivity contribution < 1.29 is 9.13 Å². The zero-order valence-electron chi connectivity index (χ0n) is 22.6. The molecule has 2 aromatic heterocycles. The van der Waals surface area contributed by atoms with Gasteiger partial charge in [0.1, 0.15) is 0 Å². The third-order valence-corrected chi connectivity index (χ3v) is 6.56. The van der Waals surface area contributed by atoms with E-state index in [1.54, 1.807) is 22.0 Å². The lowest BCUT2D eigenvalue weighted by Crippen LogP contribution is -2.25. The summed E-state index contributed by atoms with van der Waals surface area (Å²) < 4.78 is 7.09. The van der Waals surface area contributed by atoms with Gasteiger partial charge < -0.3 is 0 Å². The molecule has 4 aromatic rings. The number of unbranched alkanes of at least 4 members (excludes halogenated alkanes) is 2. The Morgan fingerprint density at radius 3 is 1.43 bits per heavy atom. The minimum Gasteiger partial charge on any atom is -0.225 e. The highest BCUT2D eigenvalue weighted by Gasteiger charge is 2.12. The molecule has 192 valence electrons. The Morgan fingerprint density at radius 2 is 1.08 bits per heavy atom. The van der Waals surface area contributed by atoms with Crippen LogP contribution in [0.1, 0.15) is 41.5 Å². The summed E-state index contributed by atoms with van der Waals surface area (Å²) in [5.74, 6) is 1.41. The van der Waals surface area contributed by atoms with Crippen LogP contribution in [-0.2, 0) is 41.0 Å². The van der Waals surface area contributed by atoms with Crippen LogP contribution >= 0.6 is 0 Å². The fraction of sp³-hybridized carbons (Fsp3) is 0.407. The van der Waals surface area contributed by atoms with Crippen molar-refractivity contribution >= 4 is 23.3 Å². The summed E-state index contributed by atoms with van der Waals surface area (Å²) in [6.45, 7) is 4.30. The van der Waals surface area contributed by atoms with Crippen molar-refractivity contribution in [2.45, 2.75) is 46.0 Å². The number of aryl methyl sites for hydroxylation is 8. The summed E-state index contributed by atoms with van der Waals surface area (Å²) in [7, 11) is 7.53. The lowest BCUT2D eigenvalue weighted by Gasteiger charge is -2.08. The van der Waals surface area contributed by atoms with Gasteiger partial charge in [0, 0.05) is 10.2 Å². The van der Waals surface area contributed by atoms with Crippen LogP contribution in [-0.4, -0.2) is 19.6 Å². The molecular formula is C27H36N10+2. The molecule has 0 aliphatic carbocycles. The Morgan fingerprint density at radius 1 is 0.649 bits per heavy atom. The van der Waals surface area contributed by atoms with E-state index in [4.69, 9.17) is 0 Å². The molecule has 2 aromatic carbocycles. The topological polar surface area (TPSA) is 92.8 Å². The van der Waals surface area contributed by atoms with E-state index in [-0.39, 0.29) is 0 Å². The van der Waals surface area contributed by atoms with Gasteiger partial charge in [-0.25, -0.2) is 9.13 Å². The van der Waals surface area contributed by atoms with E-state index in [0.717, 1.165) is 24.2 Å². The molecule has 0 aliphatic heterocycles. The molecule has 0 aliphatic rings. The van der Waals surface area contributed by atoms with E-state index in [1.807, 2.05) is 49.5 Å². The highest BCUT2D eigenvalue weighted by Crippen LogP contribution is 2.23. The second-order valence-electron chi connectivity index (χ2n) is 9.51. The Hall–Kier alpha value is -4.08. The minimum absolute atomic E-state index is 0.704. The summed E-state index contributed by atoms with van der Waals surface area (Å²) in [5, 5.41) is 25.8. The molecule has 10 heteroatoms. The highest BCUT2D eigenvalue weighted by atomic mass is 15.4. The van der Waals surface area contributed by atoms with Crippen LogP contribution in [0.5, 0.6) is 0 Å². The average molecular weight is 501 g/mol. The maximum absolute atomic E-state index is 4.39. The summed E-state index contributed by atoms with van der Waals surface area (Å²) in [4.78, 5) is 0. The lowest BCUT2D eigenvalue weighted by molar-refractivity contribution is -0.659. The highest BCUT2D eigenvalue weighted by molar-refractivity contribution is 5.44. The van der Waals surface area contributed by atoms with E-state index >= 15 is 0 Å². The van der Waals surface area contributed by atoms with Crippen molar-refractivity contribution in [1.82, 2.24) is 19.6 Å². The first kappa shape index (κ1) is 26.0. The Kier molecular flexibility index (Phi) is 8.27. The van der Waals surface area contributed by atoms with Gasteiger partial charge >= 0.3 is 11.9 Å². The number of benzene rings is 2. The molecule has 0 N–H and O–H groups in total. The lowest BCUT2D eigenvalue weighted by atomic mass is 9.98. The van der Waals surface area contributed by atoms with Gasteiger partial charge in [0.2, 0.25) is 12.7 Å². The van der Waals surface area contributed by atoms with Crippen LogP contribution < -0.4 is 9.13 Å². The first-order valence-corrected chi connectivity index (χ1v) is 12.6. The molecule has 10 nitrogen and oxygen atoms in total. The standard InChI is InChI=1S/C27H36N10/c1-20-16-24(30-32-26-34(3)18-28-36(26)5)14-12-22(20)10-8-7-9-11-23-13-15-25(17-21(23)2)31-33-27-35(4)19-29-37(27)6/h12-19H,7-11H2,1-6H3/q+2. The molecule has 0 saturated carbocycles. The maximum Gasteiger partial charge on any atom is 0.403 e. The maximum atomic E-state index is 4.39. The van der Waals surface area contributed by atoms with Crippen molar-refractivity contribution in [3.05, 3.63) is 71.3 Å². The van der Waals surface area contributed by atoms with Crippen molar-refractivity contribution in [3.8, 4) is 0 Å². The van der Waals surface area contributed by atoms with Crippen molar-refractivity contribution in [2.24, 2.45) is 48.6 Å². The molecule has 0 atom stereocenters. The molecule has 2 heterocycles. The second-order valence-corrected chi connectivity index (χ2v) is 9.51. The SMILES string of the molecule is Cc1cc(N=Nc2n(C)nc[n+]2C)ccc1CCCCCc1ccc(N=Nc2n(C)nc[n+]2C)cc1C. The molecular weight excluding hydrogens is 464 g/mol. The van der Waals surface area contributed by atoms with Crippen LogP contribution in [0.25, 0.3) is 0 Å². The summed E-state index contributed by atoms with van der Waals surface area (Å²) >= 11 is 0. The van der Waals surface area contributed by atoms with Crippen LogP contribution in [0.3, 0.4) is 0 Å². The quantitative estimate of drug-likeness (QED) is 0.170. The van der Waals surface area contributed by atoms with E-state index < -0.39 is 0 Å². The fourth-order valence-electron chi connectivity index (χ4n) is 4.30. The predicted octanol–water partition coefficient (Wildman–Crippen LogP) is 5.21. The first-order valence-electron chi connectivity index (χ1n) is 12.6. The fourth-order valence-corrected chi connectivity index (χ4v) is 4.30. The van der Waals surface area contributed by atoms with Crippen LogP contribution in [0.4, 0.5) is 23.3 Å². The largest absolute Gasteiger partial charge is 0.403 e. The van der Waals surface area contributed by atoms with E-state index in [2.05, 4.69) is 68.8 Å². The van der Waals surface area contributed by atoms with Crippen LogP contribution in [0, 0.1) is 13.8 Å². The summed E-state index contributed by atoms with van der Waals surface area (Å²) in [5.41, 5.74) is 6.97. The number of aromatic nitrogens is 6. The molecule has 0 saturated heterocycles.